The number of halogens is 1. The first kappa shape index (κ1) is 21.3. The zero-order valence-corrected chi connectivity index (χ0v) is 17.2. The number of amides is 1. The van der Waals surface area contributed by atoms with Crippen LogP contribution in [0.2, 0.25) is 5.15 Å². The van der Waals surface area contributed by atoms with Crippen LogP contribution in [0.4, 0.5) is 11.5 Å². The van der Waals surface area contributed by atoms with E-state index in [0.717, 1.165) is 12.0 Å². The molecule has 0 saturated heterocycles. The van der Waals surface area contributed by atoms with Gasteiger partial charge in [-0.2, -0.15) is 0 Å². The molecule has 0 saturated carbocycles. The number of H-pyrrole nitrogens is 1. The van der Waals surface area contributed by atoms with Crippen LogP contribution in [0.5, 0.6) is 0 Å². The Morgan fingerprint density at radius 1 is 1.20 bits per heavy atom. The van der Waals surface area contributed by atoms with Crippen molar-refractivity contribution in [2.24, 2.45) is 0 Å². The maximum atomic E-state index is 13.3. The van der Waals surface area contributed by atoms with Gasteiger partial charge >= 0.3 is 5.69 Å². The zero-order valence-electron chi connectivity index (χ0n) is 16.5. The van der Waals surface area contributed by atoms with E-state index in [9.17, 15) is 14.4 Å². The molecule has 1 amide bonds. The van der Waals surface area contributed by atoms with Gasteiger partial charge in [-0.25, -0.2) is 9.78 Å². The molecular weight excluding hydrogens is 406 g/mol. The summed E-state index contributed by atoms with van der Waals surface area (Å²) in [4.78, 5) is 45.8. The molecule has 0 aliphatic rings. The molecule has 0 unspecified atom stereocenters. The second-order valence-corrected chi connectivity index (χ2v) is 7.13. The summed E-state index contributed by atoms with van der Waals surface area (Å²) in [6.45, 7) is 2.40. The summed E-state index contributed by atoms with van der Waals surface area (Å²) in [5, 5.41) is 0.242. The number of aromatic amines is 1. The van der Waals surface area contributed by atoms with E-state index in [0.29, 0.717) is 13.0 Å². The Morgan fingerprint density at radius 3 is 2.57 bits per heavy atom. The van der Waals surface area contributed by atoms with Crippen LogP contribution in [0, 0.1) is 0 Å². The normalized spacial score (nSPS) is 10.7. The van der Waals surface area contributed by atoms with Gasteiger partial charge in [0.25, 0.3) is 11.5 Å². The molecule has 3 rings (SSSR count). The fraction of sp³-hybridized carbons (Fsp3) is 0.238. The highest BCUT2D eigenvalue weighted by atomic mass is 35.5. The standard InChI is InChI=1S/C21H22ClN5O3/c1-2-3-11-26-18(23)17(19(28)25-21(26)30)27(13-14-7-5-4-6-8-14)20(29)15-9-10-16(22)24-12-15/h4-10,12H,2-3,11,13,23H2,1H3,(H,25,28,30). The summed E-state index contributed by atoms with van der Waals surface area (Å²) in [5.74, 6) is -0.538. The Hall–Kier alpha value is -3.39. The van der Waals surface area contributed by atoms with Crippen molar-refractivity contribution >= 4 is 29.0 Å². The highest BCUT2D eigenvalue weighted by molar-refractivity contribution is 6.29. The number of nitrogens with zero attached hydrogens (tertiary/aromatic N) is 3. The first-order valence-corrected chi connectivity index (χ1v) is 9.90. The lowest BCUT2D eigenvalue weighted by atomic mass is 10.1. The van der Waals surface area contributed by atoms with Crippen molar-refractivity contribution in [1.29, 1.82) is 0 Å². The summed E-state index contributed by atoms with van der Waals surface area (Å²) in [6, 6.07) is 12.2. The number of pyridine rings is 1. The molecule has 8 nitrogen and oxygen atoms in total. The van der Waals surface area contributed by atoms with Gasteiger partial charge in [0.1, 0.15) is 11.0 Å². The van der Waals surface area contributed by atoms with Gasteiger partial charge in [0.15, 0.2) is 5.69 Å². The quantitative estimate of drug-likeness (QED) is 0.563. The molecule has 2 aromatic heterocycles. The molecule has 0 atom stereocenters. The number of carbonyl (C=O) groups excluding carboxylic acids is 1. The van der Waals surface area contributed by atoms with E-state index in [2.05, 4.69) is 9.97 Å². The van der Waals surface area contributed by atoms with Crippen LogP contribution in [0.25, 0.3) is 0 Å². The average Bonchev–Trinajstić information content (AvgIpc) is 2.73. The molecule has 0 aliphatic carbocycles. The SMILES string of the molecule is CCCCn1c(N)c(N(Cc2ccccc2)C(=O)c2ccc(Cl)nc2)c(=O)[nH]c1=O. The molecule has 0 fully saturated rings. The van der Waals surface area contributed by atoms with Gasteiger partial charge < -0.3 is 5.73 Å². The zero-order chi connectivity index (χ0) is 21.7. The molecule has 0 spiro atoms. The first-order chi connectivity index (χ1) is 14.4. The van der Waals surface area contributed by atoms with Gasteiger partial charge in [0, 0.05) is 12.7 Å². The maximum Gasteiger partial charge on any atom is 0.330 e. The van der Waals surface area contributed by atoms with Gasteiger partial charge in [0.05, 0.1) is 12.1 Å². The topological polar surface area (TPSA) is 114 Å². The molecular formula is C21H22ClN5O3. The van der Waals surface area contributed by atoms with Gasteiger partial charge in [0.2, 0.25) is 0 Å². The van der Waals surface area contributed by atoms with E-state index < -0.39 is 17.2 Å². The number of nitrogens with one attached hydrogen (secondary N) is 1. The van der Waals surface area contributed by atoms with Crippen LogP contribution in [-0.4, -0.2) is 20.4 Å². The van der Waals surface area contributed by atoms with Crippen molar-refractivity contribution in [2.75, 3.05) is 10.6 Å². The second kappa shape index (κ2) is 9.41. The van der Waals surface area contributed by atoms with Crippen molar-refractivity contribution in [1.82, 2.24) is 14.5 Å². The Balaban J connectivity index is 2.14. The highest BCUT2D eigenvalue weighted by Crippen LogP contribution is 2.22. The number of unbranched alkanes of at least 4 members (excludes halogenated alkanes) is 1. The number of hydrogen-bond acceptors (Lipinski definition) is 5. The summed E-state index contributed by atoms with van der Waals surface area (Å²) >= 11 is 5.83. The molecule has 30 heavy (non-hydrogen) atoms. The fourth-order valence-electron chi connectivity index (χ4n) is 3.05. The van der Waals surface area contributed by atoms with Crippen LogP contribution in [0.15, 0.2) is 58.3 Å². The van der Waals surface area contributed by atoms with Crippen LogP contribution in [0.1, 0.15) is 35.7 Å². The van der Waals surface area contributed by atoms with Crippen molar-refractivity contribution in [3.8, 4) is 0 Å². The third kappa shape index (κ3) is 4.60. The lowest BCUT2D eigenvalue weighted by Gasteiger charge is -2.24. The number of carbonyl (C=O) groups is 1. The van der Waals surface area contributed by atoms with Gasteiger partial charge in [-0.1, -0.05) is 55.3 Å². The third-order valence-corrected chi connectivity index (χ3v) is 4.85. The van der Waals surface area contributed by atoms with E-state index in [1.807, 2.05) is 37.3 Å². The molecule has 1 aromatic carbocycles. The minimum absolute atomic E-state index is 0.0524. The number of benzene rings is 1. The van der Waals surface area contributed by atoms with Crippen LogP contribution < -0.4 is 21.9 Å². The minimum atomic E-state index is -0.726. The predicted molar refractivity (Wildman–Crippen MR) is 117 cm³/mol. The predicted octanol–water partition coefficient (Wildman–Crippen LogP) is 2.81. The van der Waals surface area contributed by atoms with Crippen molar-refractivity contribution < 1.29 is 4.79 Å². The van der Waals surface area contributed by atoms with E-state index in [-0.39, 0.29) is 28.8 Å². The maximum absolute atomic E-state index is 13.3. The van der Waals surface area contributed by atoms with Crippen LogP contribution >= 0.6 is 11.6 Å². The van der Waals surface area contributed by atoms with Crippen molar-refractivity contribution in [3.05, 3.63) is 85.8 Å². The molecule has 156 valence electrons. The Morgan fingerprint density at radius 2 is 1.93 bits per heavy atom. The van der Waals surface area contributed by atoms with Gasteiger partial charge in [-0.05, 0) is 24.1 Å². The summed E-state index contributed by atoms with van der Waals surface area (Å²) in [7, 11) is 0. The Bertz CT molecular complexity index is 1140. The second-order valence-electron chi connectivity index (χ2n) is 6.74. The number of anilines is 2. The number of rotatable bonds is 7. The Kier molecular flexibility index (Phi) is 6.68. The fourth-order valence-corrected chi connectivity index (χ4v) is 3.16. The number of nitrogens with two attached hydrogens (primary N) is 1. The lowest BCUT2D eigenvalue weighted by Crippen LogP contribution is -2.41. The summed E-state index contributed by atoms with van der Waals surface area (Å²) < 4.78 is 1.28. The average molecular weight is 428 g/mol. The molecule has 0 radical (unpaired) electrons. The monoisotopic (exact) mass is 427 g/mol. The van der Waals surface area contributed by atoms with E-state index in [1.165, 1.54) is 27.8 Å². The van der Waals surface area contributed by atoms with E-state index in [4.69, 9.17) is 17.3 Å². The molecule has 0 aliphatic heterocycles. The number of nitrogen functional groups attached to an aromatic ring is 1. The molecule has 3 N–H and O–H groups in total. The molecule has 2 heterocycles. The lowest BCUT2D eigenvalue weighted by molar-refractivity contribution is 0.0984. The smallest absolute Gasteiger partial charge is 0.330 e. The van der Waals surface area contributed by atoms with Crippen LogP contribution in [-0.2, 0) is 13.1 Å². The first-order valence-electron chi connectivity index (χ1n) is 9.52. The van der Waals surface area contributed by atoms with Crippen molar-refractivity contribution in [2.45, 2.75) is 32.9 Å². The van der Waals surface area contributed by atoms with E-state index >= 15 is 0 Å². The summed E-state index contributed by atoms with van der Waals surface area (Å²) in [6.07, 6.45) is 2.87. The summed E-state index contributed by atoms with van der Waals surface area (Å²) in [5.41, 5.74) is 5.86. The Labute approximate surface area is 177 Å². The third-order valence-electron chi connectivity index (χ3n) is 4.62. The molecule has 9 heteroatoms. The number of hydrogen-bond donors (Lipinski definition) is 2. The highest BCUT2D eigenvalue weighted by Gasteiger charge is 2.25. The van der Waals surface area contributed by atoms with Crippen LogP contribution in [0.3, 0.4) is 0 Å². The van der Waals surface area contributed by atoms with Gasteiger partial charge in [-0.3, -0.25) is 24.0 Å². The minimum Gasteiger partial charge on any atom is -0.383 e. The van der Waals surface area contributed by atoms with E-state index in [1.54, 1.807) is 0 Å². The number of aromatic nitrogens is 3. The largest absolute Gasteiger partial charge is 0.383 e. The van der Waals surface area contributed by atoms with Gasteiger partial charge in [-0.15, -0.1) is 0 Å². The molecule has 3 aromatic rings. The van der Waals surface area contributed by atoms with Crippen molar-refractivity contribution in [3.63, 3.8) is 0 Å². The molecule has 0 bridgehead atoms.